The highest BCUT2D eigenvalue weighted by molar-refractivity contribution is 5.96. The van der Waals surface area contributed by atoms with Crippen molar-refractivity contribution in [3.8, 4) is 17.2 Å². The summed E-state index contributed by atoms with van der Waals surface area (Å²) in [7, 11) is 0. The monoisotopic (exact) mass is 418 g/mol. The molecule has 0 fully saturated rings. The van der Waals surface area contributed by atoms with Gasteiger partial charge in [0.15, 0.2) is 0 Å². The molecule has 0 spiro atoms. The summed E-state index contributed by atoms with van der Waals surface area (Å²) in [6.45, 7) is 0. The van der Waals surface area contributed by atoms with Crippen LogP contribution < -0.4 is 11.1 Å². The van der Waals surface area contributed by atoms with E-state index in [-0.39, 0.29) is 11.8 Å². The van der Waals surface area contributed by atoms with Gasteiger partial charge in [0, 0.05) is 29.6 Å². The van der Waals surface area contributed by atoms with Crippen LogP contribution in [0, 0.1) is 11.3 Å². The number of hydrogen-bond donors (Lipinski definition) is 2. The zero-order chi connectivity index (χ0) is 22.3. The van der Waals surface area contributed by atoms with Crippen LogP contribution in [0.1, 0.15) is 22.6 Å². The first-order valence-corrected chi connectivity index (χ1v) is 10.3. The van der Waals surface area contributed by atoms with Gasteiger partial charge in [-0.1, -0.05) is 72.8 Å². The van der Waals surface area contributed by atoms with E-state index in [1.165, 1.54) is 6.20 Å². The van der Waals surface area contributed by atoms with Gasteiger partial charge in [0.1, 0.15) is 6.07 Å². The minimum atomic E-state index is -0.773. The number of nitrogens with two attached hydrogens (primary N) is 1. The summed E-state index contributed by atoms with van der Waals surface area (Å²) < 4.78 is 0. The molecule has 5 nitrogen and oxygen atoms in total. The first-order valence-electron chi connectivity index (χ1n) is 10.3. The molecule has 0 aliphatic carbocycles. The van der Waals surface area contributed by atoms with E-state index in [2.05, 4.69) is 16.4 Å². The first-order chi connectivity index (χ1) is 15.7. The number of hydrogen-bond acceptors (Lipinski definition) is 4. The van der Waals surface area contributed by atoms with Crippen LogP contribution >= 0.6 is 0 Å². The van der Waals surface area contributed by atoms with Gasteiger partial charge < -0.3 is 11.1 Å². The number of pyridine rings is 1. The highest BCUT2D eigenvalue weighted by atomic mass is 16.2. The lowest BCUT2D eigenvalue weighted by atomic mass is 9.85. The summed E-state index contributed by atoms with van der Waals surface area (Å²) in [6.07, 6.45) is 3.19. The molecule has 0 aliphatic heterocycles. The van der Waals surface area contributed by atoms with Gasteiger partial charge in [-0.05, 0) is 34.9 Å². The second-order valence-electron chi connectivity index (χ2n) is 7.42. The number of nitrogens with zero attached hydrogens (tertiary/aromatic N) is 2. The van der Waals surface area contributed by atoms with E-state index in [9.17, 15) is 10.1 Å². The molecule has 1 atom stereocenters. The molecule has 1 heterocycles. The van der Waals surface area contributed by atoms with Crippen molar-refractivity contribution < 1.29 is 4.79 Å². The molecule has 0 radical (unpaired) electrons. The minimum Gasteiger partial charge on any atom is -0.325 e. The lowest BCUT2D eigenvalue weighted by Gasteiger charge is -2.24. The molecule has 3 N–H and O–H groups in total. The quantitative estimate of drug-likeness (QED) is 0.474. The fraction of sp³-hybridized carbons (Fsp3) is 0.0741. The van der Waals surface area contributed by atoms with Crippen LogP contribution in [-0.4, -0.2) is 16.9 Å². The number of carbonyl (C=O) groups excluding carboxylic acids is 1. The maximum absolute atomic E-state index is 13.1. The first kappa shape index (κ1) is 21.0. The van der Waals surface area contributed by atoms with Crippen molar-refractivity contribution in [2.45, 2.75) is 12.0 Å². The molecule has 1 amide bonds. The van der Waals surface area contributed by atoms with Crippen LogP contribution in [0.15, 0.2) is 103 Å². The topological polar surface area (TPSA) is 91.8 Å². The predicted molar refractivity (Wildman–Crippen MR) is 126 cm³/mol. The molecular formula is C27H22N4O. The van der Waals surface area contributed by atoms with E-state index >= 15 is 0 Å². The molecule has 0 aliphatic rings. The van der Waals surface area contributed by atoms with Crippen molar-refractivity contribution >= 4 is 11.6 Å². The van der Waals surface area contributed by atoms with Crippen LogP contribution in [0.25, 0.3) is 11.1 Å². The van der Waals surface area contributed by atoms with Crippen LogP contribution in [0.4, 0.5) is 5.69 Å². The second kappa shape index (κ2) is 9.69. The Morgan fingerprint density at radius 1 is 0.875 bits per heavy atom. The third-order valence-electron chi connectivity index (χ3n) is 5.38. The van der Waals surface area contributed by atoms with Crippen molar-refractivity contribution in [3.63, 3.8) is 0 Å². The van der Waals surface area contributed by atoms with Gasteiger partial charge in [-0.25, -0.2) is 0 Å². The SMILES string of the molecule is N#Cc1cnccc1-c1ccc(NC(=O)C(N)C(c2ccccc2)c2ccccc2)cc1. The lowest BCUT2D eigenvalue weighted by Crippen LogP contribution is -2.41. The Morgan fingerprint density at radius 3 is 2.03 bits per heavy atom. The number of aromatic nitrogens is 1. The molecular weight excluding hydrogens is 396 g/mol. The van der Waals surface area contributed by atoms with E-state index in [0.29, 0.717) is 11.3 Å². The van der Waals surface area contributed by atoms with Crippen LogP contribution in [0.5, 0.6) is 0 Å². The van der Waals surface area contributed by atoms with E-state index < -0.39 is 6.04 Å². The average molecular weight is 419 g/mol. The molecule has 0 saturated heterocycles. The number of amides is 1. The highest BCUT2D eigenvalue weighted by Gasteiger charge is 2.27. The van der Waals surface area contributed by atoms with E-state index in [1.54, 1.807) is 12.3 Å². The summed E-state index contributed by atoms with van der Waals surface area (Å²) >= 11 is 0. The Morgan fingerprint density at radius 2 is 1.47 bits per heavy atom. The maximum Gasteiger partial charge on any atom is 0.242 e. The van der Waals surface area contributed by atoms with Crippen molar-refractivity contribution in [1.29, 1.82) is 5.26 Å². The molecule has 0 saturated carbocycles. The van der Waals surface area contributed by atoms with Gasteiger partial charge in [-0.3, -0.25) is 9.78 Å². The van der Waals surface area contributed by atoms with Gasteiger partial charge in [-0.2, -0.15) is 5.26 Å². The third kappa shape index (κ3) is 4.56. The smallest absolute Gasteiger partial charge is 0.242 e. The van der Waals surface area contributed by atoms with Crippen LogP contribution in [0.3, 0.4) is 0 Å². The molecule has 0 bridgehead atoms. The molecule has 4 aromatic rings. The lowest BCUT2D eigenvalue weighted by molar-refractivity contribution is -0.117. The highest BCUT2D eigenvalue weighted by Crippen LogP contribution is 2.28. The molecule has 156 valence electrons. The van der Waals surface area contributed by atoms with Crippen LogP contribution in [0.2, 0.25) is 0 Å². The Labute approximate surface area is 187 Å². The summed E-state index contributed by atoms with van der Waals surface area (Å²) in [6, 6.07) is 30.1. The van der Waals surface area contributed by atoms with Crippen molar-refractivity contribution in [3.05, 3.63) is 120 Å². The van der Waals surface area contributed by atoms with Crippen molar-refractivity contribution in [1.82, 2.24) is 4.98 Å². The summed E-state index contributed by atoms with van der Waals surface area (Å²) in [5.74, 6) is -0.538. The molecule has 1 unspecified atom stereocenters. The van der Waals surface area contributed by atoms with Gasteiger partial charge in [-0.15, -0.1) is 0 Å². The van der Waals surface area contributed by atoms with Gasteiger partial charge in [0.05, 0.1) is 11.6 Å². The maximum atomic E-state index is 13.1. The van der Waals surface area contributed by atoms with Gasteiger partial charge in [0.25, 0.3) is 0 Å². The van der Waals surface area contributed by atoms with E-state index in [0.717, 1.165) is 22.3 Å². The number of rotatable bonds is 6. The second-order valence-corrected chi connectivity index (χ2v) is 7.42. The average Bonchev–Trinajstić information content (AvgIpc) is 2.86. The number of benzene rings is 3. The zero-order valence-electron chi connectivity index (χ0n) is 17.3. The molecule has 1 aromatic heterocycles. The predicted octanol–water partition coefficient (Wildman–Crippen LogP) is 4.72. The zero-order valence-corrected chi connectivity index (χ0v) is 17.3. The number of carbonyl (C=O) groups is 1. The Bertz CT molecular complexity index is 1190. The minimum absolute atomic E-state index is 0.267. The van der Waals surface area contributed by atoms with Gasteiger partial charge in [0.2, 0.25) is 5.91 Å². The largest absolute Gasteiger partial charge is 0.325 e. The van der Waals surface area contributed by atoms with E-state index in [4.69, 9.17) is 5.73 Å². The van der Waals surface area contributed by atoms with Crippen molar-refractivity contribution in [2.75, 3.05) is 5.32 Å². The summed E-state index contributed by atoms with van der Waals surface area (Å²) in [5, 5.41) is 12.2. The number of nitrogens with one attached hydrogen (secondary N) is 1. The summed E-state index contributed by atoms with van der Waals surface area (Å²) in [4.78, 5) is 17.1. The van der Waals surface area contributed by atoms with E-state index in [1.807, 2.05) is 84.9 Å². The Hall–Kier alpha value is -4.27. The fourth-order valence-electron chi connectivity index (χ4n) is 3.77. The van der Waals surface area contributed by atoms with Gasteiger partial charge >= 0.3 is 0 Å². The fourth-order valence-corrected chi connectivity index (χ4v) is 3.77. The molecule has 4 rings (SSSR count). The summed E-state index contributed by atoms with van der Waals surface area (Å²) in [5.41, 5.74) is 11.3. The number of anilines is 1. The molecule has 3 aromatic carbocycles. The normalized spacial score (nSPS) is 11.5. The molecule has 5 heteroatoms. The molecule has 32 heavy (non-hydrogen) atoms. The Kier molecular flexibility index (Phi) is 6.35. The standard InChI is InChI=1S/C27H22N4O/c28-17-22-18-30-16-15-24(22)19-11-13-23(14-12-19)31-27(32)26(29)25(20-7-3-1-4-8-20)21-9-5-2-6-10-21/h1-16,18,25-26H,29H2,(H,31,32). The van der Waals surface area contributed by atoms with Crippen LogP contribution in [-0.2, 0) is 4.79 Å². The Balaban J connectivity index is 1.55. The number of nitriles is 1. The van der Waals surface area contributed by atoms with Crippen molar-refractivity contribution in [2.24, 2.45) is 5.73 Å². The third-order valence-corrected chi connectivity index (χ3v) is 5.38.